The van der Waals surface area contributed by atoms with E-state index in [-0.39, 0.29) is 23.7 Å². The van der Waals surface area contributed by atoms with E-state index in [0.717, 1.165) is 39.1 Å². The summed E-state index contributed by atoms with van der Waals surface area (Å²) in [6.45, 7) is 2.02. The second-order valence-electron chi connectivity index (χ2n) is 11.0. The summed E-state index contributed by atoms with van der Waals surface area (Å²) < 4.78 is 0. The Hall–Kier alpha value is -4.95. The summed E-state index contributed by atoms with van der Waals surface area (Å²) >= 11 is 1.24. The highest BCUT2D eigenvalue weighted by Crippen LogP contribution is 2.59. The Morgan fingerprint density at radius 1 is 0.714 bits per heavy atom. The fourth-order valence-electron chi connectivity index (χ4n) is 6.78. The normalized spacial score (nSPS) is 22.1. The van der Waals surface area contributed by atoms with E-state index in [1.54, 1.807) is 0 Å². The number of nitrogens with one attached hydrogen (secondary N) is 1. The lowest BCUT2D eigenvalue weighted by molar-refractivity contribution is -0.142. The van der Waals surface area contributed by atoms with Gasteiger partial charge in [0.25, 0.3) is 5.91 Å². The first-order chi connectivity index (χ1) is 20.6. The number of rotatable bonds is 4. The van der Waals surface area contributed by atoms with Crippen LogP contribution in [0, 0.1) is 18.8 Å². The molecule has 0 spiro atoms. The topological polar surface area (TPSA) is 87.0 Å². The maximum absolute atomic E-state index is 14.4. The van der Waals surface area contributed by atoms with Crippen molar-refractivity contribution in [3.8, 4) is 11.3 Å². The summed E-state index contributed by atoms with van der Waals surface area (Å²) in [5.41, 5.74) is 10.8. The minimum atomic E-state index is -0.532. The summed E-state index contributed by atoms with van der Waals surface area (Å²) in [5.74, 6) is -1.73. The third-order valence-electron chi connectivity index (χ3n) is 8.59. The largest absolute Gasteiger partial charge is 0.273 e. The highest BCUT2D eigenvalue weighted by molar-refractivity contribution is 7.20. The van der Waals surface area contributed by atoms with Gasteiger partial charge >= 0.3 is 0 Å². The van der Waals surface area contributed by atoms with Crippen LogP contribution in [-0.2, 0) is 9.59 Å². The summed E-state index contributed by atoms with van der Waals surface area (Å²) in [5, 5.41) is 11.3. The summed E-state index contributed by atoms with van der Waals surface area (Å²) in [6.07, 6.45) is 0. The molecule has 7 nitrogen and oxygen atoms in total. The molecule has 2 amide bonds. The van der Waals surface area contributed by atoms with Crippen molar-refractivity contribution in [2.24, 2.45) is 22.1 Å². The first kappa shape index (κ1) is 24.8. The van der Waals surface area contributed by atoms with Crippen molar-refractivity contribution in [2.75, 3.05) is 5.01 Å². The molecule has 1 aliphatic heterocycles. The van der Waals surface area contributed by atoms with Gasteiger partial charge in [-0.15, -0.1) is 10.2 Å². The van der Waals surface area contributed by atoms with Gasteiger partial charge in [0, 0.05) is 17.4 Å². The molecule has 2 heterocycles. The number of hydrogen-bond donors (Lipinski definition) is 1. The zero-order valence-corrected chi connectivity index (χ0v) is 23.5. The van der Waals surface area contributed by atoms with Crippen molar-refractivity contribution in [3.05, 3.63) is 131 Å². The van der Waals surface area contributed by atoms with Gasteiger partial charge in [-0.25, -0.2) is 4.98 Å². The average Bonchev–Trinajstić information content (AvgIpc) is 3.46. The number of amides is 2. The maximum atomic E-state index is 14.4. The Bertz CT molecular complexity index is 1850. The maximum Gasteiger partial charge on any atom is 0.252 e. The highest BCUT2D eigenvalue weighted by atomic mass is 32.1. The van der Waals surface area contributed by atoms with Gasteiger partial charge in [0.15, 0.2) is 5.00 Å². The number of nitrogens with zero attached hydrogens (tertiary/aromatic N) is 4. The number of anilines is 1. The molecule has 1 saturated heterocycles. The van der Waals surface area contributed by atoms with E-state index < -0.39 is 11.8 Å². The summed E-state index contributed by atoms with van der Waals surface area (Å²) in [7, 11) is 0. The molecule has 2 bridgehead atoms. The first-order valence-electron chi connectivity index (χ1n) is 14.0. The molecule has 9 rings (SSSR count). The van der Waals surface area contributed by atoms with Gasteiger partial charge in [0.1, 0.15) is 5.69 Å². The van der Waals surface area contributed by atoms with Gasteiger partial charge in [-0.2, -0.15) is 5.01 Å². The van der Waals surface area contributed by atoms with Crippen molar-refractivity contribution in [3.63, 3.8) is 0 Å². The van der Waals surface area contributed by atoms with Crippen LogP contribution in [0.15, 0.2) is 113 Å². The summed E-state index contributed by atoms with van der Waals surface area (Å²) in [4.78, 5) is 33.2. The molecule has 8 heteroatoms. The van der Waals surface area contributed by atoms with E-state index in [1.165, 1.54) is 16.3 Å². The number of carbonyl (C=O) groups excluding carboxylic acids is 2. The van der Waals surface area contributed by atoms with Crippen molar-refractivity contribution >= 4 is 39.0 Å². The van der Waals surface area contributed by atoms with Crippen molar-refractivity contribution < 1.29 is 9.59 Å². The van der Waals surface area contributed by atoms with Crippen LogP contribution in [0.1, 0.15) is 39.7 Å². The van der Waals surface area contributed by atoms with Gasteiger partial charge in [0.05, 0.1) is 17.5 Å². The average molecular weight is 568 g/mol. The fourth-order valence-corrected chi connectivity index (χ4v) is 7.66. The smallest absolute Gasteiger partial charge is 0.252 e. The zero-order chi connectivity index (χ0) is 28.4. The number of aromatic nitrogens is 1. The van der Waals surface area contributed by atoms with Crippen LogP contribution in [0.4, 0.5) is 15.8 Å². The number of carbonyl (C=O) groups is 2. The van der Waals surface area contributed by atoms with Gasteiger partial charge in [-0.3, -0.25) is 15.0 Å². The Labute approximate surface area is 246 Å². The van der Waals surface area contributed by atoms with Crippen molar-refractivity contribution in [2.45, 2.75) is 18.8 Å². The van der Waals surface area contributed by atoms with E-state index in [4.69, 9.17) is 4.98 Å². The number of hydrazine groups is 1. The number of benzene rings is 4. The molecule has 2 atom stereocenters. The lowest BCUT2D eigenvalue weighted by atomic mass is 9.53. The minimum absolute atomic E-state index is 0.158. The van der Waals surface area contributed by atoms with Crippen LogP contribution in [0.5, 0.6) is 0 Å². The molecular weight excluding hydrogens is 542 g/mol. The molecule has 4 aliphatic rings. The van der Waals surface area contributed by atoms with Crippen LogP contribution in [-0.4, -0.2) is 16.8 Å². The predicted octanol–water partition coefficient (Wildman–Crippen LogP) is 7.44. The fraction of sp³-hybridized carbons (Fsp3) is 0.147. The van der Waals surface area contributed by atoms with Crippen LogP contribution in [0.3, 0.4) is 0 Å². The van der Waals surface area contributed by atoms with Crippen LogP contribution in [0.25, 0.3) is 11.3 Å². The Balaban J connectivity index is 1.22. The number of azo groups is 1. The molecule has 0 radical (unpaired) electrons. The van der Waals surface area contributed by atoms with Gasteiger partial charge in [0.2, 0.25) is 11.0 Å². The molecule has 3 aliphatic carbocycles. The number of hydrogen-bond acceptors (Lipinski definition) is 6. The Kier molecular flexibility index (Phi) is 5.65. The molecule has 2 unspecified atom stereocenters. The van der Waals surface area contributed by atoms with Crippen molar-refractivity contribution in [1.82, 2.24) is 10.4 Å². The standard InChI is InChI=1S/C34H25N5O2S/c1-19-15-17-21(18-16-19)36-37-32-30(20-9-3-2-4-10-20)35-34(42-32)39-33(41)29-27-24-13-7-5-11-22(24)26(28(29)31(40)38-39)23-12-6-8-14-25(23)27/h2-18,26-29H,1H3,(H,38,40). The van der Waals surface area contributed by atoms with E-state index >= 15 is 0 Å². The van der Waals surface area contributed by atoms with Crippen LogP contribution >= 0.6 is 11.3 Å². The Morgan fingerprint density at radius 2 is 1.29 bits per heavy atom. The second-order valence-corrected chi connectivity index (χ2v) is 11.9. The molecule has 204 valence electrons. The lowest BCUT2D eigenvalue weighted by Gasteiger charge is -2.52. The van der Waals surface area contributed by atoms with E-state index in [1.807, 2.05) is 85.8 Å². The molecule has 0 saturated carbocycles. The third kappa shape index (κ3) is 3.75. The molecule has 4 aromatic carbocycles. The molecular formula is C34H25N5O2S. The van der Waals surface area contributed by atoms with Crippen LogP contribution < -0.4 is 10.4 Å². The van der Waals surface area contributed by atoms with E-state index in [0.29, 0.717) is 15.8 Å². The monoisotopic (exact) mass is 567 g/mol. The van der Waals surface area contributed by atoms with Gasteiger partial charge in [-0.05, 0) is 41.3 Å². The number of thiazole rings is 1. The highest BCUT2D eigenvalue weighted by Gasteiger charge is 2.58. The number of aryl methyl sites for hydroxylation is 1. The zero-order valence-electron chi connectivity index (χ0n) is 22.6. The minimum Gasteiger partial charge on any atom is -0.273 e. The molecule has 1 fully saturated rings. The Morgan fingerprint density at radius 3 is 1.90 bits per heavy atom. The van der Waals surface area contributed by atoms with E-state index in [2.05, 4.69) is 39.9 Å². The molecule has 1 aromatic heterocycles. The van der Waals surface area contributed by atoms with Gasteiger partial charge in [-0.1, -0.05) is 108 Å². The molecule has 1 N–H and O–H groups in total. The predicted molar refractivity (Wildman–Crippen MR) is 162 cm³/mol. The lowest BCUT2D eigenvalue weighted by Crippen LogP contribution is -2.64. The SMILES string of the molecule is Cc1ccc(N=Nc2sc(N3NC(=O)C4C5c6ccccc6C(c6ccccc65)C4C3=O)nc2-c2ccccc2)cc1. The van der Waals surface area contributed by atoms with Gasteiger partial charge < -0.3 is 0 Å². The molecule has 42 heavy (non-hydrogen) atoms. The van der Waals surface area contributed by atoms with Crippen molar-refractivity contribution in [1.29, 1.82) is 0 Å². The van der Waals surface area contributed by atoms with E-state index in [9.17, 15) is 9.59 Å². The quantitative estimate of drug-likeness (QED) is 0.229. The third-order valence-corrected chi connectivity index (χ3v) is 9.52. The summed E-state index contributed by atoms with van der Waals surface area (Å²) in [6, 6.07) is 33.9. The second kappa shape index (κ2) is 9.56. The molecule has 5 aromatic rings. The first-order valence-corrected chi connectivity index (χ1v) is 14.8. The van der Waals surface area contributed by atoms with Crippen LogP contribution in [0.2, 0.25) is 0 Å².